The van der Waals surface area contributed by atoms with Gasteiger partial charge in [-0.15, -0.1) is 0 Å². The second kappa shape index (κ2) is 3.39. The molecule has 0 aromatic carbocycles. The van der Waals surface area contributed by atoms with Crippen molar-refractivity contribution in [1.29, 1.82) is 0 Å². The van der Waals surface area contributed by atoms with Gasteiger partial charge in [0.2, 0.25) is 0 Å². The standard InChI is InChI=1S/C4H5NO3.Y/c6-3-1-2-4(7)5(3)8;/h8H,1-2H2;. The van der Waals surface area contributed by atoms with Crippen LogP contribution >= 0.6 is 0 Å². The predicted octanol–water partition coefficient (Wildman–Crippen LogP) is -0.478. The summed E-state index contributed by atoms with van der Waals surface area (Å²) in [7, 11) is 0. The fourth-order valence-electron chi connectivity index (χ4n) is 0.565. The Labute approximate surface area is 77.0 Å². The Bertz CT molecular complexity index is 131. The van der Waals surface area contributed by atoms with E-state index >= 15 is 0 Å². The van der Waals surface area contributed by atoms with E-state index in [4.69, 9.17) is 5.21 Å². The average molecular weight is 204 g/mol. The van der Waals surface area contributed by atoms with Crippen molar-refractivity contribution >= 4 is 11.8 Å². The van der Waals surface area contributed by atoms with Gasteiger partial charge in [-0.3, -0.25) is 14.8 Å². The number of carbonyl (C=O) groups excluding carboxylic acids is 2. The number of rotatable bonds is 0. The van der Waals surface area contributed by atoms with Gasteiger partial charge in [-0.1, -0.05) is 0 Å². The maximum Gasteiger partial charge on any atom is 0.253 e. The number of carbonyl (C=O) groups is 2. The molecule has 0 atom stereocenters. The topological polar surface area (TPSA) is 57.6 Å². The third-order valence-corrected chi connectivity index (χ3v) is 1.03. The summed E-state index contributed by atoms with van der Waals surface area (Å²) in [6.07, 6.45) is 0.296. The van der Waals surface area contributed by atoms with E-state index in [9.17, 15) is 9.59 Å². The van der Waals surface area contributed by atoms with E-state index < -0.39 is 11.8 Å². The molecule has 0 saturated carbocycles. The van der Waals surface area contributed by atoms with E-state index in [1.807, 2.05) is 0 Å². The number of amides is 2. The summed E-state index contributed by atoms with van der Waals surface area (Å²) in [4.78, 5) is 20.5. The minimum absolute atomic E-state index is 0. The first-order chi connectivity index (χ1) is 3.72. The van der Waals surface area contributed by atoms with Gasteiger partial charge in [0.25, 0.3) is 11.8 Å². The molecule has 1 rings (SSSR count). The molecule has 1 radical (unpaired) electrons. The average Bonchev–Trinajstić information content (AvgIpc) is 1.98. The minimum atomic E-state index is -0.505. The number of nitrogens with zero attached hydrogens (tertiary/aromatic N) is 1. The fraction of sp³-hybridized carbons (Fsp3) is 0.500. The predicted molar refractivity (Wildman–Crippen MR) is 22.9 cm³/mol. The van der Waals surface area contributed by atoms with Gasteiger partial charge in [-0.25, -0.2) is 0 Å². The smallest absolute Gasteiger partial charge is 0.253 e. The molecule has 0 aromatic rings. The Morgan fingerprint density at radius 3 is 1.67 bits per heavy atom. The minimum Gasteiger partial charge on any atom is -0.279 e. The molecule has 1 aliphatic rings. The molecule has 0 unspecified atom stereocenters. The number of hydroxylamine groups is 2. The van der Waals surface area contributed by atoms with Crippen molar-refractivity contribution in [3.63, 3.8) is 0 Å². The monoisotopic (exact) mass is 204 g/mol. The van der Waals surface area contributed by atoms with Gasteiger partial charge < -0.3 is 0 Å². The molecule has 1 heterocycles. The van der Waals surface area contributed by atoms with Crippen LogP contribution in [0.25, 0.3) is 0 Å². The molecule has 9 heavy (non-hydrogen) atoms. The molecule has 47 valence electrons. The SMILES string of the molecule is O=C1CCC(=O)N1O.[Y]. The number of imide groups is 1. The van der Waals surface area contributed by atoms with Crippen LogP contribution < -0.4 is 0 Å². The zero-order valence-corrected chi connectivity index (χ0v) is 7.54. The van der Waals surface area contributed by atoms with Crippen LogP contribution in [0, 0.1) is 0 Å². The molecule has 5 heteroatoms. The number of hydrogen-bond donors (Lipinski definition) is 1. The van der Waals surface area contributed by atoms with Gasteiger partial charge in [-0.05, 0) is 0 Å². The first-order valence-electron chi connectivity index (χ1n) is 2.26. The third-order valence-electron chi connectivity index (χ3n) is 1.03. The van der Waals surface area contributed by atoms with Crippen LogP contribution in [-0.4, -0.2) is 22.1 Å². The molecule has 0 bridgehead atoms. The summed E-state index contributed by atoms with van der Waals surface area (Å²) in [6.45, 7) is 0. The van der Waals surface area contributed by atoms with Crippen LogP contribution in [0.5, 0.6) is 0 Å². The molecule has 1 N–H and O–H groups in total. The summed E-state index contributed by atoms with van der Waals surface area (Å²) >= 11 is 0. The molecule has 4 nitrogen and oxygen atoms in total. The summed E-state index contributed by atoms with van der Waals surface area (Å²) in [5.74, 6) is -1.01. The Morgan fingerprint density at radius 2 is 1.56 bits per heavy atom. The molecular weight excluding hydrogens is 199 g/mol. The van der Waals surface area contributed by atoms with Crippen molar-refractivity contribution in [3.05, 3.63) is 0 Å². The van der Waals surface area contributed by atoms with E-state index in [0.717, 1.165) is 0 Å². The van der Waals surface area contributed by atoms with Gasteiger partial charge >= 0.3 is 0 Å². The second-order valence-electron chi connectivity index (χ2n) is 1.60. The van der Waals surface area contributed by atoms with Gasteiger partial charge in [0.15, 0.2) is 0 Å². The molecule has 0 aliphatic carbocycles. The van der Waals surface area contributed by atoms with E-state index in [2.05, 4.69) is 0 Å². The zero-order valence-electron chi connectivity index (χ0n) is 4.70. The van der Waals surface area contributed by atoms with Crippen LogP contribution in [0.3, 0.4) is 0 Å². The van der Waals surface area contributed by atoms with Crippen LogP contribution in [0.2, 0.25) is 0 Å². The van der Waals surface area contributed by atoms with Crippen molar-refractivity contribution in [2.75, 3.05) is 0 Å². The van der Waals surface area contributed by atoms with E-state index in [-0.39, 0.29) is 50.6 Å². The maximum atomic E-state index is 10.2. The zero-order chi connectivity index (χ0) is 6.15. The van der Waals surface area contributed by atoms with Gasteiger partial charge in [0.1, 0.15) is 0 Å². The second-order valence-corrected chi connectivity index (χ2v) is 1.60. The summed E-state index contributed by atoms with van der Waals surface area (Å²) < 4.78 is 0. The molecule has 2 amide bonds. The van der Waals surface area contributed by atoms with Crippen molar-refractivity contribution in [2.24, 2.45) is 0 Å². The maximum absolute atomic E-state index is 10.2. The van der Waals surface area contributed by atoms with Crippen LogP contribution in [0.4, 0.5) is 0 Å². The largest absolute Gasteiger partial charge is 0.279 e. The van der Waals surface area contributed by atoms with Crippen LogP contribution in [-0.2, 0) is 42.3 Å². The van der Waals surface area contributed by atoms with Crippen LogP contribution in [0.15, 0.2) is 0 Å². The van der Waals surface area contributed by atoms with Crippen molar-refractivity contribution < 1.29 is 47.5 Å². The molecular formula is C4H5NO3Y. The Hall–Kier alpha value is 0.204. The summed E-state index contributed by atoms with van der Waals surface area (Å²) in [5, 5.41) is 8.57. The molecule has 1 fully saturated rings. The van der Waals surface area contributed by atoms with E-state index in [1.54, 1.807) is 0 Å². The van der Waals surface area contributed by atoms with Gasteiger partial charge in [0.05, 0.1) is 0 Å². The summed E-state index contributed by atoms with van der Waals surface area (Å²) in [5.41, 5.74) is 0. The van der Waals surface area contributed by atoms with Gasteiger partial charge in [-0.2, -0.15) is 5.06 Å². The number of hydrogen-bond acceptors (Lipinski definition) is 3. The van der Waals surface area contributed by atoms with E-state index in [0.29, 0.717) is 0 Å². The third kappa shape index (κ3) is 1.81. The van der Waals surface area contributed by atoms with Crippen molar-refractivity contribution in [1.82, 2.24) is 5.06 Å². The molecule has 1 saturated heterocycles. The quantitative estimate of drug-likeness (QED) is 0.428. The fourth-order valence-corrected chi connectivity index (χ4v) is 0.565. The Kier molecular flexibility index (Phi) is 3.47. The first kappa shape index (κ1) is 9.20. The molecule has 0 aromatic heterocycles. The van der Waals surface area contributed by atoms with Gasteiger partial charge in [0, 0.05) is 45.6 Å². The molecule has 1 aliphatic heterocycles. The Balaban J connectivity index is 0.000000640. The molecule has 0 spiro atoms. The normalized spacial score (nSPS) is 18.1. The van der Waals surface area contributed by atoms with Crippen molar-refractivity contribution in [3.8, 4) is 0 Å². The summed E-state index contributed by atoms with van der Waals surface area (Å²) in [6, 6.07) is 0. The first-order valence-corrected chi connectivity index (χ1v) is 2.26. The van der Waals surface area contributed by atoms with Crippen LogP contribution in [0.1, 0.15) is 12.8 Å². The Morgan fingerprint density at radius 1 is 1.22 bits per heavy atom. The van der Waals surface area contributed by atoms with E-state index in [1.165, 1.54) is 0 Å². The van der Waals surface area contributed by atoms with Crippen molar-refractivity contribution in [2.45, 2.75) is 12.8 Å².